The average Bonchev–Trinajstić information content (AvgIpc) is 2.70. The van der Waals surface area contributed by atoms with Crippen molar-refractivity contribution in [2.75, 3.05) is 13.7 Å². The fourth-order valence-corrected chi connectivity index (χ4v) is 2.77. The lowest BCUT2D eigenvalue weighted by Gasteiger charge is -2.34. The highest BCUT2D eigenvalue weighted by Gasteiger charge is 2.39. The van der Waals surface area contributed by atoms with E-state index in [0.717, 1.165) is 30.0 Å². The third kappa shape index (κ3) is 2.10. The lowest BCUT2D eigenvalue weighted by Crippen LogP contribution is -2.39. The van der Waals surface area contributed by atoms with Gasteiger partial charge >= 0.3 is 0 Å². The van der Waals surface area contributed by atoms with Crippen LogP contribution in [0.15, 0.2) is 24.3 Å². The summed E-state index contributed by atoms with van der Waals surface area (Å²) in [6, 6.07) is 8.12. The van der Waals surface area contributed by atoms with Gasteiger partial charge in [-0.15, -0.1) is 0 Å². The van der Waals surface area contributed by atoms with Gasteiger partial charge in [0.2, 0.25) is 0 Å². The Balaban J connectivity index is 2.32. The number of benzene rings is 1. The van der Waals surface area contributed by atoms with Crippen molar-refractivity contribution in [3.8, 4) is 0 Å². The van der Waals surface area contributed by atoms with Gasteiger partial charge in [-0.05, 0) is 38.4 Å². The summed E-state index contributed by atoms with van der Waals surface area (Å²) >= 11 is 6.24. The molecule has 1 aliphatic rings. The molecule has 0 bridgehead atoms. The summed E-state index contributed by atoms with van der Waals surface area (Å²) in [7, 11) is 1.96. The molecule has 2 nitrogen and oxygen atoms in total. The molecule has 1 saturated heterocycles. The highest BCUT2D eigenvalue weighted by Crippen LogP contribution is 2.39. The Morgan fingerprint density at radius 2 is 2.19 bits per heavy atom. The monoisotopic (exact) mass is 239 g/mol. The van der Waals surface area contributed by atoms with Gasteiger partial charge in [-0.3, -0.25) is 0 Å². The fourth-order valence-electron chi connectivity index (χ4n) is 2.53. The molecule has 0 radical (unpaired) electrons. The van der Waals surface area contributed by atoms with E-state index in [9.17, 15) is 0 Å². The first-order chi connectivity index (χ1) is 7.67. The second-order valence-electron chi connectivity index (χ2n) is 4.51. The quantitative estimate of drug-likeness (QED) is 0.875. The molecular formula is C13H18ClNO. The van der Waals surface area contributed by atoms with Gasteiger partial charge in [-0.1, -0.05) is 29.8 Å². The zero-order chi connectivity index (χ0) is 11.6. The minimum absolute atomic E-state index is 0.139. The smallest absolute Gasteiger partial charge is 0.0849 e. The topological polar surface area (TPSA) is 21.3 Å². The summed E-state index contributed by atoms with van der Waals surface area (Å²) < 4.78 is 5.88. The standard InChI is InChI=1S/C13H18ClNO/c1-13(8-5-9-16-13)12(15-2)10-6-3-4-7-11(10)14/h3-4,6-7,12,15H,5,8-9H2,1-2H3. The molecule has 1 aromatic rings. The molecule has 0 aliphatic carbocycles. The minimum Gasteiger partial charge on any atom is -0.373 e. The van der Waals surface area contributed by atoms with Crippen molar-refractivity contribution in [2.24, 2.45) is 0 Å². The van der Waals surface area contributed by atoms with E-state index >= 15 is 0 Å². The first kappa shape index (κ1) is 11.9. The van der Waals surface area contributed by atoms with E-state index in [0.29, 0.717) is 0 Å². The van der Waals surface area contributed by atoms with Crippen molar-refractivity contribution in [1.29, 1.82) is 0 Å². The maximum Gasteiger partial charge on any atom is 0.0849 e. The van der Waals surface area contributed by atoms with Gasteiger partial charge in [-0.2, -0.15) is 0 Å². The molecule has 1 heterocycles. The van der Waals surface area contributed by atoms with Crippen molar-refractivity contribution in [3.63, 3.8) is 0 Å². The van der Waals surface area contributed by atoms with Crippen LogP contribution in [0, 0.1) is 0 Å². The van der Waals surface area contributed by atoms with Crippen LogP contribution in [-0.2, 0) is 4.74 Å². The van der Waals surface area contributed by atoms with E-state index in [1.54, 1.807) is 0 Å². The van der Waals surface area contributed by atoms with E-state index < -0.39 is 0 Å². The molecule has 0 saturated carbocycles. The van der Waals surface area contributed by atoms with Gasteiger partial charge < -0.3 is 10.1 Å². The van der Waals surface area contributed by atoms with Crippen molar-refractivity contribution >= 4 is 11.6 Å². The summed E-state index contributed by atoms with van der Waals surface area (Å²) in [6.07, 6.45) is 2.20. The third-order valence-electron chi connectivity index (χ3n) is 3.36. The van der Waals surface area contributed by atoms with E-state index in [2.05, 4.69) is 18.3 Å². The third-order valence-corrected chi connectivity index (χ3v) is 3.71. The number of likely N-dealkylation sites (N-methyl/N-ethyl adjacent to an activating group) is 1. The van der Waals surface area contributed by atoms with E-state index in [4.69, 9.17) is 16.3 Å². The van der Waals surface area contributed by atoms with Crippen LogP contribution < -0.4 is 5.32 Å². The Morgan fingerprint density at radius 1 is 1.44 bits per heavy atom. The summed E-state index contributed by atoms with van der Waals surface area (Å²) in [6.45, 7) is 3.00. The number of hydrogen-bond acceptors (Lipinski definition) is 2. The molecule has 88 valence electrons. The Kier molecular flexibility index (Phi) is 3.53. The number of rotatable bonds is 3. The van der Waals surface area contributed by atoms with Crippen LogP contribution in [0.3, 0.4) is 0 Å². The maximum atomic E-state index is 6.24. The van der Waals surface area contributed by atoms with Crippen molar-refractivity contribution in [3.05, 3.63) is 34.9 Å². The Hall–Kier alpha value is -0.570. The van der Waals surface area contributed by atoms with Gasteiger partial charge in [0.15, 0.2) is 0 Å². The number of nitrogens with one attached hydrogen (secondary N) is 1. The molecule has 0 amide bonds. The van der Waals surface area contributed by atoms with Gasteiger partial charge in [0.05, 0.1) is 11.6 Å². The van der Waals surface area contributed by atoms with Crippen LogP contribution in [0.5, 0.6) is 0 Å². The van der Waals surface area contributed by atoms with Crippen LogP contribution >= 0.6 is 11.6 Å². The average molecular weight is 240 g/mol. The molecular weight excluding hydrogens is 222 g/mol. The molecule has 2 atom stereocenters. The summed E-state index contributed by atoms with van der Waals surface area (Å²) in [4.78, 5) is 0. The number of ether oxygens (including phenoxy) is 1. The Labute approximate surface area is 102 Å². The van der Waals surface area contributed by atoms with Gasteiger partial charge in [-0.25, -0.2) is 0 Å². The van der Waals surface area contributed by atoms with E-state index in [-0.39, 0.29) is 11.6 Å². The van der Waals surface area contributed by atoms with Crippen molar-refractivity contribution in [2.45, 2.75) is 31.4 Å². The van der Waals surface area contributed by atoms with Crippen molar-refractivity contribution in [1.82, 2.24) is 5.32 Å². The van der Waals surface area contributed by atoms with Gasteiger partial charge in [0, 0.05) is 11.6 Å². The van der Waals surface area contributed by atoms with E-state index in [1.165, 1.54) is 0 Å². The fraction of sp³-hybridized carbons (Fsp3) is 0.538. The molecule has 16 heavy (non-hydrogen) atoms. The second kappa shape index (κ2) is 4.74. The van der Waals surface area contributed by atoms with Gasteiger partial charge in [0.25, 0.3) is 0 Å². The van der Waals surface area contributed by atoms with Crippen LogP contribution in [0.1, 0.15) is 31.4 Å². The predicted molar refractivity (Wildman–Crippen MR) is 66.8 cm³/mol. The van der Waals surface area contributed by atoms with Crippen LogP contribution in [-0.4, -0.2) is 19.3 Å². The minimum atomic E-state index is -0.139. The zero-order valence-corrected chi connectivity index (χ0v) is 10.6. The highest BCUT2D eigenvalue weighted by molar-refractivity contribution is 6.31. The van der Waals surface area contributed by atoms with Gasteiger partial charge in [0.1, 0.15) is 0 Å². The van der Waals surface area contributed by atoms with Crippen molar-refractivity contribution < 1.29 is 4.74 Å². The highest BCUT2D eigenvalue weighted by atomic mass is 35.5. The first-order valence-corrected chi connectivity index (χ1v) is 6.11. The number of hydrogen-bond donors (Lipinski definition) is 1. The second-order valence-corrected chi connectivity index (χ2v) is 4.92. The lowest BCUT2D eigenvalue weighted by molar-refractivity contribution is -0.0104. The Bertz CT molecular complexity index is 361. The number of halogens is 1. The lowest BCUT2D eigenvalue weighted by atomic mass is 9.88. The normalized spacial score (nSPS) is 26.9. The molecule has 1 fully saturated rings. The molecule has 0 spiro atoms. The van der Waals surface area contributed by atoms with Crippen LogP contribution in [0.2, 0.25) is 5.02 Å². The summed E-state index contributed by atoms with van der Waals surface area (Å²) in [5.74, 6) is 0. The molecule has 1 aliphatic heterocycles. The SMILES string of the molecule is CNC(c1ccccc1Cl)C1(C)CCCO1. The molecule has 1 aromatic carbocycles. The zero-order valence-electron chi connectivity index (χ0n) is 9.79. The Morgan fingerprint density at radius 3 is 2.75 bits per heavy atom. The van der Waals surface area contributed by atoms with E-state index in [1.807, 2.05) is 25.2 Å². The maximum absolute atomic E-state index is 6.24. The molecule has 2 rings (SSSR count). The molecule has 3 heteroatoms. The molecule has 0 aromatic heterocycles. The van der Waals surface area contributed by atoms with Crippen LogP contribution in [0.25, 0.3) is 0 Å². The molecule has 1 N–H and O–H groups in total. The first-order valence-electron chi connectivity index (χ1n) is 5.73. The summed E-state index contributed by atoms with van der Waals surface area (Å²) in [5.41, 5.74) is 0.982. The predicted octanol–water partition coefficient (Wildman–Crippen LogP) is 3.17. The molecule has 2 unspecified atom stereocenters. The van der Waals surface area contributed by atoms with Crippen LogP contribution in [0.4, 0.5) is 0 Å². The largest absolute Gasteiger partial charge is 0.373 e. The summed E-state index contributed by atoms with van der Waals surface area (Å²) in [5, 5.41) is 4.14.